The van der Waals surface area contributed by atoms with Crippen LogP contribution in [0.5, 0.6) is 0 Å². The molecule has 6 nitrogen and oxygen atoms in total. The van der Waals surface area contributed by atoms with Crippen LogP contribution in [0.3, 0.4) is 0 Å². The molecule has 1 unspecified atom stereocenters. The fourth-order valence-corrected chi connectivity index (χ4v) is 8.17. The first-order valence-corrected chi connectivity index (χ1v) is 29.6. The summed E-state index contributed by atoms with van der Waals surface area (Å²) in [7, 11) is 0. The third-order valence-electron chi connectivity index (χ3n) is 12.6. The number of allylic oxidation sites excluding steroid dienone is 14. The van der Waals surface area contributed by atoms with E-state index in [2.05, 4.69) is 106 Å². The number of hydrogen-bond donors (Lipinski definition) is 0. The van der Waals surface area contributed by atoms with Gasteiger partial charge in [0.05, 0.1) is 0 Å². The van der Waals surface area contributed by atoms with Crippen LogP contribution in [0.1, 0.15) is 284 Å². The van der Waals surface area contributed by atoms with Crippen LogP contribution in [0, 0.1) is 0 Å². The van der Waals surface area contributed by atoms with Crippen molar-refractivity contribution in [2.75, 3.05) is 13.2 Å². The van der Waals surface area contributed by atoms with Crippen molar-refractivity contribution in [1.82, 2.24) is 0 Å². The van der Waals surface area contributed by atoms with E-state index in [1.165, 1.54) is 161 Å². The normalized spacial score (nSPS) is 12.7. The van der Waals surface area contributed by atoms with Crippen molar-refractivity contribution in [3.8, 4) is 0 Å². The molecule has 0 aliphatic rings. The molecule has 1 atom stereocenters. The lowest BCUT2D eigenvalue weighted by atomic mass is 10.1. The Bertz CT molecular complexity index is 1350. The Balaban J connectivity index is 4.47. The van der Waals surface area contributed by atoms with Gasteiger partial charge in [0.2, 0.25) is 0 Å². The van der Waals surface area contributed by atoms with Crippen molar-refractivity contribution in [3.05, 3.63) is 85.1 Å². The topological polar surface area (TPSA) is 78.9 Å². The average molecular weight is 976 g/mol. The Morgan fingerprint density at radius 1 is 0.300 bits per heavy atom. The van der Waals surface area contributed by atoms with Crippen molar-refractivity contribution in [1.29, 1.82) is 0 Å². The zero-order chi connectivity index (χ0) is 50.7. The highest BCUT2D eigenvalue weighted by atomic mass is 16.6. The maximum absolute atomic E-state index is 12.8. The van der Waals surface area contributed by atoms with Crippen LogP contribution in [0.15, 0.2) is 85.1 Å². The number of rotatable bonds is 53. The lowest BCUT2D eigenvalue weighted by Gasteiger charge is -2.18. The molecule has 70 heavy (non-hydrogen) atoms. The van der Waals surface area contributed by atoms with E-state index in [1.807, 2.05) is 0 Å². The van der Waals surface area contributed by atoms with E-state index >= 15 is 0 Å². The predicted molar refractivity (Wildman–Crippen MR) is 302 cm³/mol. The molecule has 0 aromatic carbocycles. The lowest BCUT2D eigenvalue weighted by Crippen LogP contribution is -2.30. The Hall–Kier alpha value is -3.41. The summed E-state index contributed by atoms with van der Waals surface area (Å²) in [5, 5.41) is 0. The Kier molecular flexibility index (Phi) is 55.3. The van der Waals surface area contributed by atoms with E-state index in [9.17, 15) is 14.4 Å². The monoisotopic (exact) mass is 975 g/mol. The van der Waals surface area contributed by atoms with Gasteiger partial charge in [0, 0.05) is 19.3 Å². The summed E-state index contributed by atoms with van der Waals surface area (Å²) in [5.41, 5.74) is 0. The fourth-order valence-electron chi connectivity index (χ4n) is 8.17. The van der Waals surface area contributed by atoms with Crippen molar-refractivity contribution in [2.24, 2.45) is 0 Å². The predicted octanol–water partition coefficient (Wildman–Crippen LogP) is 19.9. The second-order valence-electron chi connectivity index (χ2n) is 19.5. The molecule has 0 amide bonds. The molecule has 0 aromatic rings. The van der Waals surface area contributed by atoms with Crippen LogP contribution in [0.4, 0.5) is 0 Å². The van der Waals surface area contributed by atoms with Crippen LogP contribution < -0.4 is 0 Å². The molecule has 0 saturated carbocycles. The lowest BCUT2D eigenvalue weighted by molar-refractivity contribution is -0.167. The molecule has 0 saturated heterocycles. The van der Waals surface area contributed by atoms with Gasteiger partial charge >= 0.3 is 17.9 Å². The van der Waals surface area contributed by atoms with E-state index in [1.54, 1.807) is 0 Å². The van der Waals surface area contributed by atoms with E-state index < -0.39 is 6.10 Å². The average Bonchev–Trinajstić information content (AvgIpc) is 3.36. The van der Waals surface area contributed by atoms with Crippen molar-refractivity contribution >= 4 is 17.9 Å². The van der Waals surface area contributed by atoms with Crippen molar-refractivity contribution in [2.45, 2.75) is 290 Å². The number of unbranched alkanes of at least 4 members (excludes halogenated alkanes) is 28. The maximum atomic E-state index is 12.8. The minimum absolute atomic E-state index is 0.102. The van der Waals surface area contributed by atoms with Gasteiger partial charge in [0.15, 0.2) is 6.10 Å². The van der Waals surface area contributed by atoms with Crippen LogP contribution in [0.25, 0.3) is 0 Å². The number of carbonyl (C=O) groups is 3. The molecule has 0 radical (unpaired) electrons. The molecular formula is C64H110O6. The van der Waals surface area contributed by atoms with Crippen LogP contribution in [-0.2, 0) is 28.6 Å². The number of ether oxygens (including phenoxy) is 3. The van der Waals surface area contributed by atoms with E-state index in [4.69, 9.17) is 14.2 Å². The maximum Gasteiger partial charge on any atom is 0.306 e. The van der Waals surface area contributed by atoms with Gasteiger partial charge in [0.1, 0.15) is 13.2 Å². The van der Waals surface area contributed by atoms with Gasteiger partial charge in [-0.1, -0.05) is 241 Å². The summed E-state index contributed by atoms with van der Waals surface area (Å²) in [4.78, 5) is 38.2. The quantitative estimate of drug-likeness (QED) is 0.0261. The molecule has 0 spiro atoms. The first kappa shape index (κ1) is 66.6. The summed E-state index contributed by atoms with van der Waals surface area (Å²) in [6, 6.07) is 0. The molecular weight excluding hydrogens is 865 g/mol. The standard InChI is InChI=1S/C64H110O6/c1-4-7-10-13-16-19-22-25-28-31-34-36-39-42-45-48-51-54-57-63(66)69-60-61(70-64(67)58-55-52-49-46-43-40-37-33-30-27-24-21-18-15-12-9-6-3)59-68-62(65)56-53-50-47-44-41-38-35-32-29-26-23-20-17-14-11-8-5-2/h9,12,18,21,26-31,37,40,46,49,61H,4-8,10-11,13-17,19-20,22-25,32-36,38-39,41-45,47-48,50-60H2,1-3H3/b12-9-,21-18-,29-26-,30-27-,31-28-,40-37-,49-46-. The van der Waals surface area contributed by atoms with Gasteiger partial charge in [-0.2, -0.15) is 0 Å². The fraction of sp³-hybridized carbons (Fsp3) is 0.734. The van der Waals surface area contributed by atoms with E-state index in [0.717, 1.165) is 77.0 Å². The molecule has 0 heterocycles. The second-order valence-corrected chi connectivity index (χ2v) is 19.5. The molecule has 6 heteroatoms. The largest absolute Gasteiger partial charge is 0.462 e. The smallest absolute Gasteiger partial charge is 0.306 e. The molecule has 0 aromatic heterocycles. The SMILES string of the molecule is CC/C=C\C/C=C\C/C=C\C/C=C\C/C=C\CCCC(=O)OC(COC(=O)CCCCCCCCC/C=C\CCCCCCCC)COC(=O)CCCCCCCCC/C=C\CCCCCCCCC. The molecule has 402 valence electrons. The molecule has 0 aliphatic carbocycles. The second kappa shape index (κ2) is 58.2. The summed E-state index contributed by atoms with van der Waals surface area (Å²) >= 11 is 0. The minimum Gasteiger partial charge on any atom is -0.462 e. The minimum atomic E-state index is -0.811. The van der Waals surface area contributed by atoms with Gasteiger partial charge < -0.3 is 14.2 Å². The third-order valence-corrected chi connectivity index (χ3v) is 12.6. The first-order chi connectivity index (χ1) is 34.5. The Labute approximate surface area is 433 Å². The number of esters is 3. The molecule has 0 aliphatic heterocycles. The van der Waals surface area contributed by atoms with Crippen molar-refractivity contribution in [3.63, 3.8) is 0 Å². The summed E-state index contributed by atoms with van der Waals surface area (Å²) in [6.45, 7) is 6.49. The van der Waals surface area contributed by atoms with Gasteiger partial charge in [0.25, 0.3) is 0 Å². The number of carbonyl (C=O) groups excluding carboxylic acids is 3. The molecule has 0 N–H and O–H groups in total. The van der Waals surface area contributed by atoms with Crippen LogP contribution >= 0.6 is 0 Å². The van der Waals surface area contributed by atoms with E-state index in [-0.39, 0.29) is 37.5 Å². The van der Waals surface area contributed by atoms with E-state index in [0.29, 0.717) is 19.3 Å². The van der Waals surface area contributed by atoms with Gasteiger partial charge in [-0.3, -0.25) is 14.4 Å². The van der Waals surface area contributed by atoms with Crippen LogP contribution in [0.2, 0.25) is 0 Å². The Morgan fingerprint density at radius 3 is 0.929 bits per heavy atom. The summed E-state index contributed by atoms with van der Waals surface area (Å²) in [6.07, 6.45) is 75.8. The van der Waals surface area contributed by atoms with Crippen molar-refractivity contribution < 1.29 is 28.6 Å². The third kappa shape index (κ3) is 55.5. The highest BCUT2D eigenvalue weighted by molar-refractivity contribution is 5.71. The molecule has 0 fully saturated rings. The number of hydrogen-bond acceptors (Lipinski definition) is 6. The van der Waals surface area contributed by atoms with Gasteiger partial charge in [-0.25, -0.2) is 0 Å². The van der Waals surface area contributed by atoms with Gasteiger partial charge in [-0.15, -0.1) is 0 Å². The highest BCUT2D eigenvalue weighted by Gasteiger charge is 2.19. The first-order valence-electron chi connectivity index (χ1n) is 29.6. The zero-order valence-corrected chi connectivity index (χ0v) is 46.0. The Morgan fingerprint density at radius 2 is 0.571 bits per heavy atom. The summed E-state index contributed by atoms with van der Waals surface area (Å²) in [5.74, 6) is -0.962. The van der Waals surface area contributed by atoms with Crippen LogP contribution in [-0.4, -0.2) is 37.2 Å². The molecule has 0 rings (SSSR count). The van der Waals surface area contributed by atoms with Gasteiger partial charge in [-0.05, 0) is 109 Å². The molecule has 0 bridgehead atoms. The highest BCUT2D eigenvalue weighted by Crippen LogP contribution is 2.15. The zero-order valence-electron chi connectivity index (χ0n) is 46.0. The summed E-state index contributed by atoms with van der Waals surface area (Å²) < 4.78 is 16.8.